The Labute approximate surface area is 73.5 Å². The summed E-state index contributed by atoms with van der Waals surface area (Å²) in [7, 11) is 0. The van der Waals surface area contributed by atoms with Gasteiger partial charge in [0.1, 0.15) is 0 Å². The first-order chi connectivity index (χ1) is 5.81. The van der Waals surface area contributed by atoms with E-state index in [1.54, 1.807) is 18.3 Å². The lowest BCUT2D eigenvalue weighted by Crippen LogP contribution is -1.81. The maximum absolute atomic E-state index is 10.3. The van der Waals surface area contributed by atoms with Crippen LogP contribution in [0.15, 0.2) is 35.7 Å². The summed E-state index contributed by atoms with van der Waals surface area (Å²) in [6, 6.07) is 7.14. The van der Waals surface area contributed by atoms with E-state index < -0.39 is 0 Å². The zero-order valence-electron chi connectivity index (χ0n) is 6.07. The van der Waals surface area contributed by atoms with Gasteiger partial charge in [0.15, 0.2) is 0 Å². The van der Waals surface area contributed by atoms with Gasteiger partial charge in [0.05, 0.1) is 10.8 Å². The Morgan fingerprint density at radius 2 is 2.17 bits per heavy atom. The minimum absolute atomic E-state index is 0.603. The first-order valence-corrected chi connectivity index (χ1v) is 3.79. The Kier molecular flexibility index (Phi) is 1.59. The van der Waals surface area contributed by atoms with Gasteiger partial charge in [0.2, 0.25) is 0 Å². The van der Waals surface area contributed by atoms with Crippen molar-refractivity contribution in [2.45, 2.75) is 0 Å². The highest BCUT2D eigenvalue weighted by Crippen LogP contribution is 2.19. The van der Waals surface area contributed by atoms with E-state index in [1.807, 2.05) is 12.1 Å². The summed E-state index contributed by atoms with van der Waals surface area (Å²) in [4.78, 5) is 10.3. The van der Waals surface area contributed by atoms with E-state index in [0.29, 0.717) is 5.02 Å². The Bertz CT molecular complexity index is 436. The van der Waals surface area contributed by atoms with Crippen LogP contribution in [-0.2, 0) is 0 Å². The fourth-order valence-electron chi connectivity index (χ4n) is 1.16. The average Bonchev–Trinajstić information content (AvgIpc) is 2.46. The van der Waals surface area contributed by atoms with Gasteiger partial charge in [0.25, 0.3) is 0 Å². The molecule has 0 amide bonds. The first-order valence-electron chi connectivity index (χ1n) is 3.41. The van der Waals surface area contributed by atoms with Gasteiger partial charge in [-0.05, 0) is 18.2 Å². The number of aromatic nitrogens is 1. The summed E-state index contributed by atoms with van der Waals surface area (Å²) in [6.07, 6.45) is 1.61. The molecule has 0 radical (unpaired) electrons. The molecule has 0 saturated heterocycles. The molecule has 3 nitrogen and oxygen atoms in total. The van der Waals surface area contributed by atoms with E-state index in [1.165, 1.54) is 4.68 Å². The third-order valence-electron chi connectivity index (χ3n) is 1.72. The molecule has 0 aliphatic rings. The summed E-state index contributed by atoms with van der Waals surface area (Å²) in [5.41, 5.74) is 0.734. The van der Waals surface area contributed by atoms with Gasteiger partial charge in [0, 0.05) is 16.6 Å². The monoisotopic (exact) mass is 180 g/mol. The van der Waals surface area contributed by atoms with Crippen LogP contribution in [0.25, 0.3) is 10.9 Å². The van der Waals surface area contributed by atoms with Gasteiger partial charge >= 0.3 is 0 Å². The maximum atomic E-state index is 10.3. The van der Waals surface area contributed by atoms with Gasteiger partial charge in [-0.25, -0.2) is 4.68 Å². The van der Waals surface area contributed by atoms with Gasteiger partial charge in [-0.3, -0.25) is 0 Å². The van der Waals surface area contributed by atoms with Crippen LogP contribution in [0.3, 0.4) is 0 Å². The number of hydrogen-bond acceptors (Lipinski definition) is 2. The van der Waals surface area contributed by atoms with Gasteiger partial charge in [-0.1, -0.05) is 17.7 Å². The topological polar surface area (TPSA) is 34.4 Å². The van der Waals surface area contributed by atoms with Crippen LogP contribution >= 0.6 is 11.6 Å². The van der Waals surface area contributed by atoms with Crippen LogP contribution in [0, 0.1) is 4.91 Å². The largest absolute Gasteiger partial charge is 0.204 e. The molecular weight excluding hydrogens is 176 g/mol. The number of halogens is 1. The normalized spacial score (nSPS) is 10.4. The van der Waals surface area contributed by atoms with Crippen molar-refractivity contribution in [1.29, 1.82) is 0 Å². The van der Waals surface area contributed by atoms with Crippen LogP contribution in [0.4, 0.5) is 0 Å². The smallest absolute Gasteiger partial charge is 0.0765 e. The molecular formula is C8H5ClN2O. The molecule has 0 bridgehead atoms. The second kappa shape index (κ2) is 2.60. The van der Waals surface area contributed by atoms with Crippen LogP contribution in [0.2, 0.25) is 5.02 Å². The van der Waals surface area contributed by atoms with Crippen LogP contribution < -0.4 is 0 Å². The molecule has 0 aliphatic carbocycles. The Hall–Kier alpha value is -1.35. The summed E-state index contributed by atoms with van der Waals surface area (Å²) in [5, 5.41) is 4.37. The molecule has 1 aromatic heterocycles. The van der Waals surface area contributed by atoms with E-state index in [2.05, 4.69) is 5.29 Å². The fraction of sp³-hybridized carbons (Fsp3) is 0. The Morgan fingerprint density at radius 3 is 2.92 bits per heavy atom. The van der Waals surface area contributed by atoms with Crippen molar-refractivity contribution in [3.8, 4) is 0 Å². The SMILES string of the molecule is O=Nn1ccc2ccc(Cl)cc21. The molecule has 0 N–H and O–H groups in total. The molecule has 12 heavy (non-hydrogen) atoms. The zero-order chi connectivity index (χ0) is 8.55. The second-order valence-corrected chi connectivity index (χ2v) is 2.88. The van der Waals surface area contributed by atoms with Gasteiger partial charge in [-0.2, -0.15) is 0 Å². The zero-order valence-corrected chi connectivity index (χ0v) is 6.82. The summed E-state index contributed by atoms with van der Waals surface area (Å²) < 4.78 is 1.25. The molecule has 2 aromatic rings. The quantitative estimate of drug-likeness (QED) is 0.622. The standard InChI is InChI=1S/C8H5ClN2O/c9-7-2-1-6-3-4-11(10-12)8(6)5-7/h1-5H. The number of nitroso groups, excluding NO2 is 1. The van der Waals surface area contributed by atoms with E-state index in [-0.39, 0.29) is 0 Å². The second-order valence-electron chi connectivity index (χ2n) is 2.45. The van der Waals surface area contributed by atoms with E-state index >= 15 is 0 Å². The number of rotatable bonds is 1. The number of nitrogens with zero attached hydrogens (tertiary/aromatic N) is 2. The third-order valence-corrected chi connectivity index (χ3v) is 1.96. The molecule has 1 heterocycles. The first kappa shape index (κ1) is 7.31. The van der Waals surface area contributed by atoms with E-state index in [4.69, 9.17) is 11.6 Å². The fourth-order valence-corrected chi connectivity index (χ4v) is 1.32. The van der Waals surface area contributed by atoms with E-state index in [0.717, 1.165) is 10.9 Å². The van der Waals surface area contributed by atoms with Crippen molar-refractivity contribution in [2.75, 3.05) is 0 Å². The molecule has 0 spiro atoms. The lowest BCUT2D eigenvalue weighted by molar-refractivity contribution is 0.913. The van der Waals surface area contributed by atoms with Crippen molar-refractivity contribution >= 4 is 22.5 Å². The number of hydrogen-bond donors (Lipinski definition) is 0. The van der Waals surface area contributed by atoms with Crippen molar-refractivity contribution in [1.82, 2.24) is 4.68 Å². The highest BCUT2D eigenvalue weighted by atomic mass is 35.5. The Balaban J connectivity index is 2.83. The van der Waals surface area contributed by atoms with Crippen molar-refractivity contribution in [2.24, 2.45) is 5.29 Å². The highest BCUT2D eigenvalue weighted by molar-refractivity contribution is 6.31. The van der Waals surface area contributed by atoms with Gasteiger partial charge < -0.3 is 0 Å². The summed E-state index contributed by atoms with van der Waals surface area (Å²) in [6.45, 7) is 0. The molecule has 4 heteroatoms. The predicted molar refractivity (Wildman–Crippen MR) is 48.1 cm³/mol. The van der Waals surface area contributed by atoms with Crippen molar-refractivity contribution < 1.29 is 0 Å². The van der Waals surface area contributed by atoms with Crippen molar-refractivity contribution in [3.63, 3.8) is 0 Å². The summed E-state index contributed by atoms with van der Waals surface area (Å²) >= 11 is 5.75. The van der Waals surface area contributed by atoms with Crippen LogP contribution in [0.1, 0.15) is 0 Å². The highest BCUT2D eigenvalue weighted by Gasteiger charge is 2.00. The van der Waals surface area contributed by atoms with Crippen LogP contribution in [0.5, 0.6) is 0 Å². The van der Waals surface area contributed by atoms with Gasteiger partial charge in [-0.15, -0.1) is 4.91 Å². The maximum Gasteiger partial charge on any atom is 0.0765 e. The molecule has 0 atom stereocenters. The van der Waals surface area contributed by atoms with Crippen molar-refractivity contribution in [3.05, 3.63) is 40.4 Å². The molecule has 1 aromatic carbocycles. The third kappa shape index (κ3) is 0.987. The molecule has 0 unspecified atom stereocenters. The van der Waals surface area contributed by atoms with E-state index in [9.17, 15) is 4.91 Å². The number of fused-ring (bicyclic) bond motifs is 1. The summed E-state index contributed by atoms with van der Waals surface area (Å²) in [5.74, 6) is 0. The predicted octanol–water partition coefficient (Wildman–Crippen LogP) is 2.82. The molecule has 0 aliphatic heterocycles. The lowest BCUT2D eigenvalue weighted by Gasteiger charge is -1.92. The number of benzene rings is 1. The molecule has 60 valence electrons. The minimum atomic E-state index is 0.603. The van der Waals surface area contributed by atoms with Crippen LogP contribution in [-0.4, -0.2) is 4.68 Å². The molecule has 0 saturated carbocycles. The molecule has 2 rings (SSSR count). The average molecular weight is 181 g/mol. The Morgan fingerprint density at radius 1 is 1.33 bits per heavy atom. The lowest BCUT2D eigenvalue weighted by atomic mass is 10.2. The molecule has 0 fully saturated rings. The minimum Gasteiger partial charge on any atom is -0.204 e.